The molecule has 3 nitrogen and oxygen atoms in total. The zero-order valence-corrected chi connectivity index (χ0v) is 13.0. The first-order valence-electron chi connectivity index (χ1n) is 6.57. The third kappa shape index (κ3) is 4.66. The number of carbonyl (C=O) groups excluding carboxylic acids is 1. The van der Waals surface area contributed by atoms with Crippen LogP contribution < -0.4 is 10.1 Å². The molecule has 1 unspecified atom stereocenters. The van der Waals surface area contributed by atoms with Crippen molar-refractivity contribution < 1.29 is 9.53 Å². The molecule has 0 radical (unpaired) electrons. The maximum absolute atomic E-state index is 12.2. The fourth-order valence-electron chi connectivity index (χ4n) is 1.78. The van der Waals surface area contributed by atoms with E-state index in [-0.39, 0.29) is 5.91 Å². The van der Waals surface area contributed by atoms with Gasteiger partial charge in [0.15, 0.2) is 6.10 Å². The first-order valence-corrected chi connectivity index (χ1v) is 7.32. The second-order valence-corrected chi connectivity index (χ2v) is 5.34. The van der Waals surface area contributed by atoms with Crippen molar-refractivity contribution in [2.45, 2.75) is 19.4 Å². The van der Waals surface area contributed by atoms with E-state index >= 15 is 0 Å². The largest absolute Gasteiger partial charge is 0.481 e. The molecule has 110 valence electrons. The summed E-state index contributed by atoms with van der Waals surface area (Å²) < 4.78 is 5.68. The van der Waals surface area contributed by atoms with E-state index in [1.807, 2.05) is 6.92 Å². The smallest absolute Gasteiger partial charge is 0.265 e. The van der Waals surface area contributed by atoms with Crippen molar-refractivity contribution in [2.75, 3.05) is 5.32 Å². The van der Waals surface area contributed by atoms with E-state index in [0.29, 0.717) is 27.9 Å². The van der Waals surface area contributed by atoms with Crippen LogP contribution in [0.15, 0.2) is 48.5 Å². The normalized spacial score (nSPS) is 11.8. The van der Waals surface area contributed by atoms with Gasteiger partial charge in [0.2, 0.25) is 0 Å². The van der Waals surface area contributed by atoms with Crippen molar-refractivity contribution in [2.24, 2.45) is 0 Å². The van der Waals surface area contributed by atoms with Gasteiger partial charge in [-0.25, -0.2) is 0 Å². The molecule has 0 aliphatic rings. The van der Waals surface area contributed by atoms with Crippen LogP contribution in [0.3, 0.4) is 0 Å². The summed E-state index contributed by atoms with van der Waals surface area (Å²) in [4.78, 5) is 12.2. The second kappa shape index (κ2) is 7.34. The fourth-order valence-corrected chi connectivity index (χ4v) is 2.09. The molecular formula is C16H15Cl2NO2. The van der Waals surface area contributed by atoms with Crippen LogP contribution in [-0.2, 0) is 4.79 Å². The molecule has 21 heavy (non-hydrogen) atoms. The van der Waals surface area contributed by atoms with E-state index in [1.165, 1.54) is 0 Å². The Labute approximate surface area is 133 Å². The van der Waals surface area contributed by atoms with E-state index in [4.69, 9.17) is 27.9 Å². The summed E-state index contributed by atoms with van der Waals surface area (Å²) in [7, 11) is 0. The number of hydrogen-bond acceptors (Lipinski definition) is 2. The molecule has 1 atom stereocenters. The molecule has 5 heteroatoms. The summed E-state index contributed by atoms with van der Waals surface area (Å²) >= 11 is 11.7. The Balaban J connectivity index is 2.03. The van der Waals surface area contributed by atoms with Gasteiger partial charge in [-0.3, -0.25) is 4.79 Å². The number of amides is 1. The van der Waals surface area contributed by atoms with Crippen LogP contribution in [0.5, 0.6) is 5.75 Å². The van der Waals surface area contributed by atoms with Gasteiger partial charge in [-0.05, 0) is 48.9 Å². The van der Waals surface area contributed by atoms with Crippen LogP contribution in [-0.4, -0.2) is 12.0 Å². The highest BCUT2D eigenvalue weighted by atomic mass is 35.5. The molecule has 0 aliphatic heterocycles. The van der Waals surface area contributed by atoms with Gasteiger partial charge in [-0.15, -0.1) is 0 Å². The Morgan fingerprint density at radius 1 is 1.14 bits per heavy atom. The molecule has 2 aromatic carbocycles. The SMILES string of the molecule is CCC(Oc1cccc(Cl)c1)C(=O)Nc1ccc(Cl)cc1. The Morgan fingerprint density at radius 3 is 2.48 bits per heavy atom. The lowest BCUT2D eigenvalue weighted by Gasteiger charge is -2.17. The van der Waals surface area contributed by atoms with E-state index in [9.17, 15) is 4.79 Å². The Hall–Kier alpha value is -1.71. The van der Waals surface area contributed by atoms with Crippen LogP contribution in [0.4, 0.5) is 5.69 Å². The molecule has 1 N–H and O–H groups in total. The van der Waals surface area contributed by atoms with Crippen LogP contribution in [0.25, 0.3) is 0 Å². The van der Waals surface area contributed by atoms with Crippen LogP contribution >= 0.6 is 23.2 Å². The summed E-state index contributed by atoms with van der Waals surface area (Å²) in [5.74, 6) is 0.361. The Kier molecular flexibility index (Phi) is 5.48. The second-order valence-electron chi connectivity index (χ2n) is 4.47. The highest BCUT2D eigenvalue weighted by Gasteiger charge is 2.18. The number of halogens is 2. The molecule has 2 rings (SSSR count). The van der Waals surface area contributed by atoms with Crippen molar-refractivity contribution in [3.8, 4) is 5.75 Å². The van der Waals surface area contributed by atoms with Gasteiger partial charge < -0.3 is 10.1 Å². The monoisotopic (exact) mass is 323 g/mol. The summed E-state index contributed by atoms with van der Waals surface area (Å²) in [6.45, 7) is 1.89. The molecule has 0 saturated carbocycles. The molecular weight excluding hydrogens is 309 g/mol. The van der Waals surface area contributed by atoms with E-state index in [0.717, 1.165) is 0 Å². The lowest BCUT2D eigenvalue weighted by Crippen LogP contribution is -2.32. The highest BCUT2D eigenvalue weighted by molar-refractivity contribution is 6.31. The summed E-state index contributed by atoms with van der Waals surface area (Å²) in [5.41, 5.74) is 0.678. The number of carbonyl (C=O) groups is 1. The quantitative estimate of drug-likeness (QED) is 0.859. The van der Waals surface area contributed by atoms with Crippen LogP contribution in [0, 0.1) is 0 Å². The van der Waals surface area contributed by atoms with Gasteiger partial charge in [0.05, 0.1) is 0 Å². The summed E-state index contributed by atoms with van der Waals surface area (Å²) in [6, 6.07) is 13.9. The van der Waals surface area contributed by atoms with Gasteiger partial charge >= 0.3 is 0 Å². The minimum absolute atomic E-state index is 0.209. The van der Waals surface area contributed by atoms with Gasteiger partial charge in [0, 0.05) is 15.7 Å². The maximum atomic E-state index is 12.2. The van der Waals surface area contributed by atoms with Crippen LogP contribution in [0.2, 0.25) is 10.0 Å². The molecule has 0 aromatic heterocycles. The van der Waals surface area contributed by atoms with E-state index in [1.54, 1.807) is 48.5 Å². The summed E-state index contributed by atoms with van der Waals surface area (Å²) in [5, 5.41) is 3.99. The highest BCUT2D eigenvalue weighted by Crippen LogP contribution is 2.20. The van der Waals surface area contributed by atoms with Gasteiger partial charge in [0.25, 0.3) is 5.91 Å². The number of ether oxygens (including phenoxy) is 1. The van der Waals surface area contributed by atoms with Crippen molar-refractivity contribution >= 4 is 34.8 Å². The van der Waals surface area contributed by atoms with Gasteiger partial charge in [-0.2, -0.15) is 0 Å². The molecule has 1 amide bonds. The average molecular weight is 324 g/mol. The molecule has 2 aromatic rings. The summed E-state index contributed by atoms with van der Waals surface area (Å²) in [6.07, 6.45) is -0.0366. The zero-order valence-electron chi connectivity index (χ0n) is 11.5. The maximum Gasteiger partial charge on any atom is 0.265 e. The van der Waals surface area contributed by atoms with Gasteiger partial charge in [-0.1, -0.05) is 36.2 Å². The lowest BCUT2D eigenvalue weighted by molar-refractivity contribution is -0.122. The molecule has 0 bridgehead atoms. The third-order valence-electron chi connectivity index (χ3n) is 2.85. The van der Waals surface area contributed by atoms with E-state index < -0.39 is 6.10 Å². The van der Waals surface area contributed by atoms with Crippen molar-refractivity contribution in [3.05, 3.63) is 58.6 Å². The lowest BCUT2D eigenvalue weighted by atomic mass is 10.2. The predicted octanol–water partition coefficient (Wildman–Crippen LogP) is 4.79. The first-order chi connectivity index (χ1) is 10.1. The first kappa shape index (κ1) is 15.7. The van der Waals surface area contributed by atoms with Crippen LogP contribution in [0.1, 0.15) is 13.3 Å². The predicted molar refractivity (Wildman–Crippen MR) is 86.2 cm³/mol. The van der Waals surface area contributed by atoms with Crippen molar-refractivity contribution in [1.29, 1.82) is 0 Å². The topological polar surface area (TPSA) is 38.3 Å². The third-order valence-corrected chi connectivity index (χ3v) is 3.34. The molecule has 0 aliphatic carbocycles. The van der Waals surface area contributed by atoms with E-state index in [2.05, 4.69) is 5.32 Å². The van der Waals surface area contributed by atoms with Gasteiger partial charge in [0.1, 0.15) is 5.75 Å². The number of nitrogens with one attached hydrogen (secondary N) is 1. The standard InChI is InChI=1S/C16H15Cl2NO2/c1-2-15(21-14-5-3-4-12(18)10-14)16(20)19-13-8-6-11(17)7-9-13/h3-10,15H,2H2,1H3,(H,19,20). The number of hydrogen-bond donors (Lipinski definition) is 1. The number of anilines is 1. The number of benzene rings is 2. The average Bonchev–Trinajstić information content (AvgIpc) is 2.47. The zero-order chi connectivity index (χ0) is 15.2. The van der Waals surface area contributed by atoms with Crippen molar-refractivity contribution in [1.82, 2.24) is 0 Å². The molecule has 0 fully saturated rings. The Morgan fingerprint density at radius 2 is 1.86 bits per heavy atom. The molecule has 0 spiro atoms. The molecule has 0 heterocycles. The minimum atomic E-state index is -0.584. The fraction of sp³-hybridized carbons (Fsp3) is 0.188. The minimum Gasteiger partial charge on any atom is -0.481 e. The number of rotatable bonds is 5. The molecule has 0 saturated heterocycles. The van der Waals surface area contributed by atoms with Crippen molar-refractivity contribution in [3.63, 3.8) is 0 Å². The Bertz CT molecular complexity index is 614.